The molecular weight excluding hydrogens is 311 g/mol. The van der Waals surface area contributed by atoms with E-state index in [4.69, 9.17) is 0 Å². The highest BCUT2D eigenvalue weighted by atomic mass is 32.1. The first-order chi connectivity index (χ1) is 11.2. The van der Waals surface area contributed by atoms with Crippen molar-refractivity contribution in [3.63, 3.8) is 0 Å². The third kappa shape index (κ3) is 2.45. The van der Waals surface area contributed by atoms with Crippen molar-refractivity contribution in [3.05, 3.63) is 76.8 Å². The molecule has 0 saturated carbocycles. The number of hydrogen-bond donors (Lipinski definition) is 1. The van der Waals surface area contributed by atoms with Gasteiger partial charge in [-0.25, -0.2) is 9.37 Å². The van der Waals surface area contributed by atoms with E-state index in [2.05, 4.69) is 9.97 Å². The zero-order valence-electron chi connectivity index (χ0n) is 11.9. The highest BCUT2D eigenvalue weighted by molar-refractivity contribution is 7.21. The van der Waals surface area contributed by atoms with E-state index in [1.807, 2.05) is 36.4 Å². The zero-order valence-corrected chi connectivity index (χ0v) is 12.7. The molecule has 5 heteroatoms. The Balaban J connectivity index is 1.92. The van der Waals surface area contributed by atoms with Crippen LogP contribution in [0.15, 0.2) is 65.5 Å². The largest absolute Gasteiger partial charge is 0.306 e. The molecule has 4 aromatic rings. The lowest BCUT2D eigenvalue weighted by Gasteiger charge is -2.01. The number of benzene rings is 2. The maximum absolute atomic E-state index is 13.9. The molecule has 0 saturated heterocycles. The van der Waals surface area contributed by atoms with E-state index in [-0.39, 0.29) is 11.4 Å². The normalized spacial score (nSPS) is 11.0. The van der Waals surface area contributed by atoms with Crippen molar-refractivity contribution in [2.24, 2.45) is 0 Å². The predicted octanol–water partition coefficient (Wildman–Crippen LogP) is 4.46. The van der Waals surface area contributed by atoms with E-state index in [1.54, 1.807) is 18.2 Å². The summed E-state index contributed by atoms with van der Waals surface area (Å²) in [6, 6.07) is 17.9. The molecule has 0 aliphatic heterocycles. The summed E-state index contributed by atoms with van der Waals surface area (Å²) in [5.74, 6) is -0.156. The van der Waals surface area contributed by atoms with Crippen LogP contribution in [0.5, 0.6) is 0 Å². The molecule has 0 bridgehead atoms. The van der Waals surface area contributed by atoms with Crippen molar-refractivity contribution < 1.29 is 4.39 Å². The van der Waals surface area contributed by atoms with E-state index >= 15 is 0 Å². The monoisotopic (exact) mass is 322 g/mol. The lowest BCUT2D eigenvalue weighted by atomic mass is 10.2. The molecule has 112 valence electrons. The standard InChI is InChI=1S/C18H11FN2OS/c19-14-9-5-4-8-12(14)16-20-17(22)13-10-15(23-18(13)21-16)11-6-2-1-3-7-11/h1-10H,(H,20,21,22). The van der Waals surface area contributed by atoms with Crippen molar-refractivity contribution in [1.82, 2.24) is 9.97 Å². The van der Waals surface area contributed by atoms with Gasteiger partial charge in [0.15, 0.2) is 0 Å². The molecule has 23 heavy (non-hydrogen) atoms. The average molecular weight is 322 g/mol. The molecule has 3 nitrogen and oxygen atoms in total. The molecule has 0 fully saturated rings. The number of H-pyrrole nitrogens is 1. The molecule has 0 unspecified atom stereocenters. The van der Waals surface area contributed by atoms with Gasteiger partial charge in [-0.3, -0.25) is 4.79 Å². The van der Waals surface area contributed by atoms with E-state index in [9.17, 15) is 9.18 Å². The molecule has 0 radical (unpaired) electrons. The summed E-state index contributed by atoms with van der Waals surface area (Å²) in [6.07, 6.45) is 0. The summed E-state index contributed by atoms with van der Waals surface area (Å²) in [4.78, 5) is 21.0. The van der Waals surface area contributed by atoms with Gasteiger partial charge in [0.1, 0.15) is 16.5 Å². The second kappa shape index (κ2) is 5.44. The minimum atomic E-state index is -0.408. The second-order valence-electron chi connectivity index (χ2n) is 5.09. The number of thiophene rings is 1. The third-order valence-corrected chi connectivity index (χ3v) is 4.67. The van der Waals surface area contributed by atoms with Crippen LogP contribution in [-0.2, 0) is 0 Å². The average Bonchev–Trinajstić information content (AvgIpc) is 3.01. The van der Waals surface area contributed by atoms with Gasteiger partial charge >= 0.3 is 0 Å². The quantitative estimate of drug-likeness (QED) is 0.592. The Morgan fingerprint density at radius 2 is 1.74 bits per heavy atom. The van der Waals surface area contributed by atoms with E-state index in [0.29, 0.717) is 15.8 Å². The fourth-order valence-electron chi connectivity index (χ4n) is 2.46. The summed E-state index contributed by atoms with van der Waals surface area (Å²) >= 11 is 1.43. The molecule has 2 heterocycles. The van der Waals surface area contributed by atoms with Crippen LogP contribution in [0.4, 0.5) is 4.39 Å². The fraction of sp³-hybridized carbons (Fsp3) is 0. The van der Waals surface area contributed by atoms with Crippen LogP contribution in [-0.4, -0.2) is 9.97 Å². The Labute approximate surface area is 135 Å². The maximum Gasteiger partial charge on any atom is 0.259 e. The topological polar surface area (TPSA) is 45.8 Å². The van der Waals surface area contributed by atoms with Gasteiger partial charge in [0.25, 0.3) is 5.56 Å². The molecule has 2 aromatic heterocycles. The summed E-state index contributed by atoms with van der Waals surface area (Å²) in [5.41, 5.74) is 1.06. The van der Waals surface area contributed by atoms with Gasteiger partial charge in [-0.15, -0.1) is 11.3 Å². The number of hydrogen-bond acceptors (Lipinski definition) is 3. The number of nitrogens with zero attached hydrogens (tertiary/aromatic N) is 1. The number of rotatable bonds is 2. The van der Waals surface area contributed by atoms with Crippen molar-refractivity contribution in [2.45, 2.75) is 0 Å². The van der Waals surface area contributed by atoms with Crippen LogP contribution < -0.4 is 5.56 Å². The SMILES string of the molecule is O=c1[nH]c(-c2ccccc2F)nc2sc(-c3ccccc3)cc12. The molecule has 0 aliphatic rings. The minimum absolute atomic E-state index is 0.252. The first-order valence-electron chi connectivity index (χ1n) is 7.06. The third-order valence-electron chi connectivity index (χ3n) is 3.59. The van der Waals surface area contributed by atoms with Crippen molar-refractivity contribution >= 4 is 21.6 Å². The Hall–Kier alpha value is -2.79. The van der Waals surface area contributed by atoms with Crippen LogP contribution in [0.3, 0.4) is 0 Å². The van der Waals surface area contributed by atoms with Crippen LogP contribution >= 0.6 is 11.3 Å². The Morgan fingerprint density at radius 3 is 2.52 bits per heavy atom. The Morgan fingerprint density at radius 1 is 1.00 bits per heavy atom. The lowest BCUT2D eigenvalue weighted by Crippen LogP contribution is -2.08. The first-order valence-corrected chi connectivity index (χ1v) is 7.88. The van der Waals surface area contributed by atoms with Gasteiger partial charge in [0, 0.05) is 4.88 Å². The van der Waals surface area contributed by atoms with Gasteiger partial charge in [-0.1, -0.05) is 42.5 Å². The molecule has 0 spiro atoms. The van der Waals surface area contributed by atoms with Crippen LogP contribution in [0.1, 0.15) is 0 Å². The van der Waals surface area contributed by atoms with E-state index in [1.165, 1.54) is 17.4 Å². The molecular formula is C18H11FN2OS. The van der Waals surface area contributed by atoms with Crippen LogP contribution in [0, 0.1) is 5.82 Å². The van der Waals surface area contributed by atoms with Crippen LogP contribution in [0.2, 0.25) is 0 Å². The van der Waals surface area contributed by atoms with Gasteiger partial charge < -0.3 is 4.98 Å². The first kappa shape index (κ1) is 13.8. The number of aromatic nitrogens is 2. The number of halogens is 1. The molecule has 4 rings (SSSR count). The van der Waals surface area contributed by atoms with Gasteiger partial charge in [0.05, 0.1) is 10.9 Å². The zero-order chi connectivity index (χ0) is 15.8. The molecule has 0 aliphatic carbocycles. The smallest absolute Gasteiger partial charge is 0.259 e. The van der Waals surface area contributed by atoms with Crippen molar-refractivity contribution in [3.8, 4) is 21.8 Å². The Bertz CT molecular complexity index is 1050. The second-order valence-corrected chi connectivity index (χ2v) is 6.12. The number of fused-ring (bicyclic) bond motifs is 1. The summed E-state index contributed by atoms with van der Waals surface area (Å²) in [6.45, 7) is 0. The van der Waals surface area contributed by atoms with Gasteiger partial charge in [-0.2, -0.15) is 0 Å². The summed E-state index contributed by atoms with van der Waals surface area (Å²) in [5, 5.41) is 0.522. The number of aromatic amines is 1. The van der Waals surface area contributed by atoms with Gasteiger partial charge in [0.2, 0.25) is 0 Å². The highest BCUT2D eigenvalue weighted by Gasteiger charge is 2.13. The molecule has 0 atom stereocenters. The van der Waals surface area contributed by atoms with Crippen molar-refractivity contribution in [2.75, 3.05) is 0 Å². The predicted molar refractivity (Wildman–Crippen MR) is 91.1 cm³/mol. The fourth-order valence-corrected chi connectivity index (χ4v) is 3.49. The minimum Gasteiger partial charge on any atom is -0.306 e. The van der Waals surface area contributed by atoms with E-state index in [0.717, 1.165) is 10.4 Å². The van der Waals surface area contributed by atoms with E-state index < -0.39 is 5.82 Å². The maximum atomic E-state index is 13.9. The lowest BCUT2D eigenvalue weighted by molar-refractivity contribution is 0.630. The molecule has 2 aromatic carbocycles. The molecule has 1 N–H and O–H groups in total. The van der Waals surface area contributed by atoms with Crippen molar-refractivity contribution in [1.29, 1.82) is 0 Å². The number of nitrogens with one attached hydrogen (secondary N) is 1. The highest BCUT2D eigenvalue weighted by Crippen LogP contribution is 2.31. The Kier molecular flexibility index (Phi) is 3.28. The molecule has 0 amide bonds. The van der Waals surface area contributed by atoms with Gasteiger partial charge in [-0.05, 0) is 23.8 Å². The summed E-state index contributed by atoms with van der Waals surface area (Å²) in [7, 11) is 0. The summed E-state index contributed by atoms with van der Waals surface area (Å²) < 4.78 is 13.9. The van der Waals surface area contributed by atoms with Crippen LogP contribution in [0.25, 0.3) is 32.0 Å².